The Morgan fingerprint density at radius 1 is 1.36 bits per heavy atom. The van der Waals surface area contributed by atoms with E-state index in [9.17, 15) is 10.1 Å². The number of aromatic nitrogens is 2. The molecule has 2 aromatic heterocycles. The molecule has 0 aliphatic rings. The van der Waals surface area contributed by atoms with Gasteiger partial charge in [-0.05, 0) is 30.3 Å². The Kier molecular flexibility index (Phi) is 3.53. The fourth-order valence-electron chi connectivity index (χ4n) is 2.19. The van der Waals surface area contributed by atoms with E-state index in [4.69, 9.17) is 11.6 Å². The van der Waals surface area contributed by atoms with Crippen LogP contribution in [-0.4, -0.2) is 22.3 Å². The third kappa shape index (κ3) is 2.41. The molecule has 0 N–H and O–H groups in total. The van der Waals surface area contributed by atoms with Crippen molar-refractivity contribution in [1.29, 1.82) is 5.26 Å². The molecule has 0 saturated carbocycles. The molecule has 0 aliphatic heterocycles. The van der Waals surface area contributed by atoms with Crippen molar-refractivity contribution in [3.8, 4) is 6.07 Å². The van der Waals surface area contributed by atoms with Gasteiger partial charge in [0.1, 0.15) is 11.7 Å². The van der Waals surface area contributed by atoms with Crippen LogP contribution >= 0.6 is 11.6 Å². The highest BCUT2D eigenvalue weighted by Crippen LogP contribution is 2.20. The van der Waals surface area contributed by atoms with Gasteiger partial charge in [-0.1, -0.05) is 11.6 Å². The smallest absolute Gasteiger partial charge is 0.260 e. The number of hydrogen-bond donors (Lipinski definition) is 0. The summed E-state index contributed by atoms with van der Waals surface area (Å²) in [5, 5.41) is 9.88. The first-order valence-corrected chi connectivity index (χ1v) is 6.88. The molecule has 108 valence electrons. The SMILES string of the molecule is CN(C(=O)c1cn2ccnc2cc1C#N)c1ccc(Cl)cc1. The van der Waals surface area contributed by atoms with E-state index in [1.54, 1.807) is 60.4 Å². The zero-order valence-electron chi connectivity index (χ0n) is 11.7. The van der Waals surface area contributed by atoms with Crippen LogP contribution in [0.25, 0.3) is 5.65 Å². The second kappa shape index (κ2) is 5.51. The topological polar surface area (TPSA) is 61.4 Å². The van der Waals surface area contributed by atoms with Crippen molar-refractivity contribution in [3.63, 3.8) is 0 Å². The van der Waals surface area contributed by atoms with Gasteiger partial charge in [0.15, 0.2) is 0 Å². The van der Waals surface area contributed by atoms with E-state index in [0.717, 1.165) is 0 Å². The van der Waals surface area contributed by atoms with Gasteiger partial charge in [0.2, 0.25) is 0 Å². The highest BCUT2D eigenvalue weighted by Gasteiger charge is 2.18. The van der Waals surface area contributed by atoms with Crippen LogP contribution in [0.2, 0.25) is 5.02 Å². The van der Waals surface area contributed by atoms with Gasteiger partial charge in [0, 0.05) is 36.3 Å². The summed E-state index contributed by atoms with van der Waals surface area (Å²) in [6.07, 6.45) is 4.97. The van der Waals surface area contributed by atoms with Crippen LogP contribution in [0.1, 0.15) is 15.9 Å². The van der Waals surface area contributed by atoms with Crippen molar-refractivity contribution >= 4 is 28.8 Å². The molecule has 1 amide bonds. The predicted molar refractivity (Wildman–Crippen MR) is 84.1 cm³/mol. The van der Waals surface area contributed by atoms with Crippen LogP contribution in [0, 0.1) is 11.3 Å². The summed E-state index contributed by atoms with van der Waals surface area (Å²) in [5.74, 6) is -0.269. The molecular weight excluding hydrogens is 300 g/mol. The number of pyridine rings is 1. The number of carbonyl (C=O) groups excluding carboxylic acids is 1. The van der Waals surface area contributed by atoms with Gasteiger partial charge in [-0.2, -0.15) is 5.26 Å². The molecule has 0 unspecified atom stereocenters. The summed E-state index contributed by atoms with van der Waals surface area (Å²) >= 11 is 5.86. The van der Waals surface area contributed by atoms with E-state index in [2.05, 4.69) is 11.1 Å². The Morgan fingerprint density at radius 2 is 2.09 bits per heavy atom. The van der Waals surface area contributed by atoms with Gasteiger partial charge in [0.25, 0.3) is 5.91 Å². The maximum absolute atomic E-state index is 12.7. The number of nitrogens with zero attached hydrogens (tertiary/aromatic N) is 4. The van der Waals surface area contributed by atoms with E-state index >= 15 is 0 Å². The number of halogens is 1. The van der Waals surface area contributed by atoms with Crippen molar-refractivity contribution < 1.29 is 4.79 Å². The molecule has 0 fully saturated rings. The van der Waals surface area contributed by atoms with E-state index in [1.807, 2.05) is 0 Å². The number of benzene rings is 1. The van der Waals surface area contributed by atoms with Gasteiger partial charge >= 0.3 is 0 Å². The molecule has 22 heavy (non-hydrogen) atoms. The summed E-state index contributed by atoms with van der Waals surface area (Å²) in [5.41, 5.74) is 1.95. The van der Waals surface area contributed by atoms with Gasteiger partial charge in [-0.15, -0.1) is 0 Å². The minimum atomic E-state index is -0.269. The lowest BCUT2D eigenvalue weighted by Gasteiger charge is -2.18. The Morgan fingerprint density at radius 3 is 2.77 bits per heavy atom. The Hall–Kier alpha value is -2.84. The lowest BCUT2D eigenvalue weighted by Crippen LogP contribution is -2.27. The van der Waals surface area contributed by atoms with Crippen molar-refractivity contribution in [3.05, 3.63) is 65.1 Å². The van der Waals surface area contributed by atoms with Gasteiger partial charge in [0.05, 0.1) is 11.1 Å². The second-order valence-electron chi connectivity index (χ2n) is 4.75. The molecule has 5 nitrogen and oxygen atoms in total. The number of amides is 1. The summed E-state index contributed by atoms with van der Waals surface area (Å²) in [6.45, 7) is 0. The molecule has 6 heteroatoms. The molecular formula is C16H11ClN4O. The summed E-state index contributed by atoms with van der Waals surface area (Å²) < 4.78 is 1.71. The lowest BCUT2D eigenvalue weighted by molar-refractivity contribution is 0.0992. The maximum atomic E-state index is 12.7. The highest BCUT2D eigenvalue weighted by molar-refractivity contribution is 6.30. The van der Waals surface area contributed by atoms with Crippen LogP contribution in [0.3, 0.4) is 0 Å². The first-order valence-electron chi connectivity index (χ1n) is 6.50. The van der Waals surface area contributed by atoms with E-state index in [1.165, 1.54) is 4.90 Å². The Labute approximate surface area is 132 Å². The zero-order chi connectivity index (χ0) is 15.7. The number of anilines is 1. The van der Waals surface area contributed by atoms with Crippen molar-refractivity contribution in [2.75, 3.05) is 11.9 Å². The summed E-state index contributed by atoms with van der Waals surface area (Å²) in [7, 11) is 1.66. The first kappa shape index (κ1) is 14.1. The maximum Gasteiger partial charge on any atom is 0.260 e. The number of hydrogen-bond acceptors (Lipinski definition) is 3. The standard InChI is InChI=1S/C16H11ClN4O/c1-20(13-4-2-12(17)3-5-13)16(22)14-10-21-7-6-19-15(21)8-11(14)9-18/h2-8,10H,1H3. The summed E-state index contributed by atoms with van der Waals surface area (Å²) in [6, 6.07) is 10.6. The van der Waals surface area contributed by atoms with Crippen molar-refractivity contribution in [2.24, 2.45) is 0 Å². The highest BCUT2D eigenvalue weighted by atomic mass is 35.5. The molecule has 1 aromatic carbocycles. The normalized spacial score (nSPS) is 10.4. The quantitative estimate of drug-likeness (QED) is 0.730. The molecule has 0 radical (unpaired) electrons. The third-order valence-electron chi connectivity index (χ3n) is 3.40. The molecule has 0 spiro atoms. The average molecular weight is 311 g/mol. The van der Waals surface area contributed by atoms with Crippen LogP contribution in [-0.2, 0) is 0 Å². The second-order valence-corrected chi connectivity index (χ2v) is 5.18. The zero-order valence-corrected chi connectivity index (χ0v) is 12.4. The number of rotatable bonds is 2. The van der Waals surface area contributed by atoms with Crippen molar-refractivity contribution in [2.45, 2.75) is 0 Å². The molecule has 0 atom stereocenters. The predicted octanol–water partition coefficient (Wildman–Crippen LogP) is 3.14. The van der Waals surface area contributed by atoms with Crippen LogP contribution in [0.5, 0.6) is 0 Å². The van der Waals surface area contributed by atoms with Crippen LogP contribution in [0.15, 0.2) is 48.9 Å². The van der Waals surface area contributed by atoms with Gasteiger partial charge < -0.3 is 9.30 Å². The average Bonchev–Trinajstić information content (AvgIpc) is 3.00. The molecule has 0 saturated heterocycles. The van der Waals surface area contributed by atoms with Crippen LogP contribution in [0.4, 0.5) is 5.69 Å². The Bertz CT molecular complexity index is 893. The molecule has 0 bridgehead atoms. The Balaban J connectivity index is 2.04. The van der Waals surface area contributed by atoms with Crippen molar-refractivity contribution in [1.82, 2.24) is 9.38 Å². The summed E-state index contributed by atoms with van der Waals surface area (Å²) in [4.78, 5) is 18.3. The fourth-order valence-corrected chi connectivity index (χ4v) is 2.31. The minimum absolute atomic E-state index is 0.269. The molecule has 3 rings (SSSR count). The number of carbonyl (C=O) groups is 1. The molecule has 3 aromatic rings. The van der Waals surface area contributed by atoms with E-state index in [0.29, 0.717) is 27.5 Å². The van der Waals surface area contributed by atoms with Gasteiger partial charge in [-0.25, -0.2) is 4.98 Å². The lowest BCUT2D eigenvalue weighted by atomic mass is 10.1. The van der Waals surface area contributed by atoms with E-state index in [-0.39, 0.29) is 5.91 Å². The largest absolute Gasteiger partial charge is 0.311 e. The third-order valence-corrected chi connectivity index (χ3v) is 3.65. The van der Waals surface area contributed by atoms with Gasteiger partial charge in [-0.3, -0.25) is 4.79 Å². The first-order chi connectivity index (χ1) is 10.6. The number of imidazole rings is 1. The molecule has 2 heterocycles. The number of fused-ring (bicyclic) bond motifs is 1. The fraction of sp³-hybridized carbons (Fsp3) is 0.0625. The van der Waals surface area contributed by atoms with E-state index < -0.39 is 0 Å². The molecule has 0 aliphatic carbocycles. The monoisotopic (exact) mass is 310 g/mol. The van der Waals surface area contributed by atoms with Crippen LogP contribution < -0.4 is 4.90 Å². The minimum Gasteiger partial charge on any atom is -0.311 e. The number of nitriles is 1.